The van der Waals surface area contributed by atoms with E-state index in [0.717, 1.165) is 5.56 Å². The number of nitrogens with zero attached hydrogens (tertiary/aromatic N) is 2. The van der Waals surface area contributed by atoms with Crippen LogP contribution in [0.2, 0.25) is 5.15 Å². The van der Waals surface area contributed by atoms with Crippen molar-refractivity contribution in [3.8, 4) is 0 Å². The fraction of sp³-hybridized carbons (Fsp3) is 0.250. The van der Waals surface area contributed by atoms with Gasteiger partial charge >= 0.3 is 0 Å². The molecular weight excluding hydrogens is 364 g/mol. The molecule has 1 amide bonds. The van der Waals surface area contributed by atoms with E-state index in [1.807, 2.05) is 14.1 Å². The van der Waals surface area contributed by atoms with Gasteiger partial charge in [0.05, 0.1) is 4.90 Å². The van der Waals surface area contributed by atoms with Crippen molar-refractivity contribution in [2.75, 3.05) is 25.5 Å². The summed E-state index contributed by atoms with van der Waals surface area (Å²) in [5, 5.41) is 8.10. The first-order chi connectivity index (χ1) is 11.7. The van der Waals surface area contributed by atoms with Gasteiger partial charge in [-0.05, 0) is 36.2 Å². The Morgan fingerprint density at radius 2 is 1.88 bits per heavy atom. The Bertz CT molecular complexity index is 867. The zero-order chi connectivity index (χ0) is 18.6. The Hall–Kier alpha value is -2.16. The maximum atomic E-state index is 12.2. The molecule has 1 heterocycles. The monoisotopic (exact) mass is 382 g/mol. The van der Waals surface area contributed by atoms with Gasteiger partial charge in [-0.2, -0.15) is 0 Å². The Kier molecular flexibility index (Phi) is 5.99. The lowest BCUT2D eigenvalue weighted by Gasteiger charge is -2.13. The zero-order valence-electron chi connectivity index (χ0n) is 13.9. The molecule has 0 aliphatic rings. The van der Waals surface area contributed by atoms with Gasteiger partial charge in [-0.3, -0.25) is 4.79 Å². The van der Waals surface area contributed by atoms with E-state index < -0.39 is 10.0 Å². The molecule has 7 nitrogen and oxygen atoms in total. The number of rotatable bonds is 6. The van der Waals surface area contributed by atoms with Crippen LogP contribution in [-0.4, -0.2) is 39.9 Å². The summed E-state index contributed by atoms with van der Waals surface area (Å²) in [5.41, 5.74) is 1.31. The van der Waals surface area contributed by atoms with Crippen LogP contribution in [0.3, 0.4) is 0 Å². The highest BCUT2D eigenvalue weighted by molar-refractivity contribution is 7.89. The highest BCUT2D eigenvalue weighted by Crippen LogP contribution is 2.16. The third-order valence-corrected chi connectivity index (χ3v) is 4.57. The number of hydrogen-bond acceptors (Lipinski definition) is 5. The molecule has 0 spiro atoms. The molecule has 0 atom stereocenters. The highest BCUT2D eigenvalue weighted by Gasteiger charge is 2.11. The van der Waals surface area contributed by atoms with Crippen molar-refractivity contribution in [1.82, 2.24) is 10.3 Å². The van der Waals surface area contributed by atoms with Crippen LogP contribution >= 0.6 is 11.6 Å². The van der Waals surface area contributed by atoms with Crippen LogP contribution in [-0.2, 0) is 16.4 Å². The number of pyridine rings is 1. The normalized spacial score (nSPS) is 11.2. The predicted molar refractivity (Wildman–Crippen MR) is 97.4 cm³/mol. The van der Waals surface area contributed by atoms with E-state index >= 15 is 0 Å². The van der Waals surface area contributed by atoms with Crippen molar-refractivity contribution in [1.29, 1.82) is 0 Å². The SMILES string of the molecule is CN(C)c1cc(C(=O)NCCc2ccc(S(N)(=O)=O)cc2)cc(Cl)n1. The molecule has 0 aliphatic carbocycles. The van der Waals surface area contributed by atoms with Crippen LogP contribution in [0.25, 0.3) is 0 Å². The van der Waals surface area contributed by atoms with Crippen LogP contribution in [0.15, 0.2) is 41.3 Å². The number of nitrogens with two attached hydrogens (primary N) is 1. The lowest BCUT2D eigenvalue weighted by atomic mass is 10.1. The maximum Gasteiger partial charge on any atom is 0.251 e. The summed E-state index contributed by atoms with van der Waals surface area (Å²) in [7, 11) is -0.0748. The van der Waals surface area contributed by atoms with E-state index in [1.165, 1.54) is 18.2 Å². The van der Waals surface area contributed by atoms with Gasteiger partial charge in [0, 0.05) is 26.2 Å². The van der Waals surface area contributed by atoms with E-state index in [0.29, 0.717) is 24.3 Å². The smallest absolute Gasteiger partial charge is 0.251 e. The molecule has 2 rings (SSSR count). The largest absolute Gasteiger partial charge is 0.363 e. The Labute approximate surface area is 151 Å². The molecule has 9 heteroatoms. The lowest BCUT2D eigenvalue weighted by molar-refractivity contribution is 0.0954. The molecule has 0 radical (unpaired) electrons. The number of amides is 1. The second kappa shape index (κ2) is 7.81. The first-order valence-corrected chi connectivity index (χ1v) is 9.34. The van der Waals surface area contributed by atoms with Crippen molar-refractivity contribution in [3.63, 3.8) is 0 Å². The van der Waals surface area contributed by atoms with Gasteiger partial charge in [0.1, 0.15) is 11.0 Å². The molecule has 1 aromatic heterocycles. The molecule has 0 bridgehead atoms. The Morgan fingerprint density at radius 3 is 2.44 bits per heavy atom. The summed E-state index contributed by atoms with van der Waals surface area (Å²) in [6, 6.07) is 9.38. The number of aromatic nitrogens is 1. The van der Waals surface area contributed by atoms with Crippen molar-refractivity contribution in [2.24, 2.45) is 5.14 Å². The third-order valence-electron chi connectivity index (χ3n) is 3.45. The summed E-state index contributed by atoms with van der Waals surface area (Å²) in [5.74, 6) is 0.338. The molecular formula is C16H19ClN4O3S. The molecule has 0 fully saturated rings. The third kappa shape index (κ3) is 5.42. The first-order valence-electron chi connectivity index (χ1n) is 7.41. The van der Waals surface area contributed by atoms with Gasteiger partial charge in [0.2, 0.25) is 10.0 Å². The number of benzene rings is 1. The molecule has 3 N–H and O–H groups in total. The lowest BCUT2D eigenvalue weighted by Crippen LogP contribution is -2.26. The van der Waals surface area contributed by atoms with Crippen LogP contribution in [0.5, 0.6) is 0 Å². The first kappa shape index (κ1) is 19.2. The number of carbonyl (C=O) groups is 1. The van der Waals surface area contributed by atoms with Gasteiger partial charge < -0.3 is 10.2 Å². The number of primary sulfonamides is 1. The quantitative estimate of drug-likeness (QED) is 0.735. The summed E-state index contributed by atoms with van der Waals surface area (Å²) >= 11 is 5.94. The van der Waals surface area contributed by atoms with Crippen molar-refractivity contribution in [3.05, 3.63) is 52.7 Å². The standard InChI is InChI=1S/C16H19ClN4O3S/c1-21(2)15-10-12(9-14(17)20-15)16(22)19-8-7-11-3-5-13(6-4-11)25(18,23)24/h3-6,9-10H,7-8H2,1-2H3,(H,19,22)(H2,18,23,24). The number of halogens is 1. The molecule has 25 heavy (non-hydrogen) atoms. The Balaban J connectivity index is 1.97. The van der Waals surface area contributed by atoms with E-state index in [4.69, 9.17) is 16.7 Å². The molecule has 0 aliphatic heterocycles. The number of sulfonamides is 1. The van der Waals surface area contributed by atoms with Crippen LogP contribution in [0, 0.1) is 0 Å². The molecule has 2 aromatic rings. The minimum atomic E-state index is -3.70. The summed E-state index contributed by atoms with van der Waals surface area (Å²) in [6.45, 7) is 0.394. The molecule has 0 unspecified atom stereocenters. The highest BCUT2D eigenvalue weighted by atomic mass is 35.5. The second-order valence-corrected chi connectivity index (χ2v) is 7.57. The molecule has 0 saturated carbocycles. The average molecular weight is 383 g/mol. The fourth-order valence-electron chi connectivity index (χ4n) is 2.11. The number of nitrogens with one attached hydrogen (secondary N) is 1. The van der Waals surface area contributed by atoms with E-state index in [1.54, 1.807) is 23.1 Å². The average Bonchev–Trinajstić information content (AvgIpc) is 2.53. The summed E-state index contributed by atoms with van der Waals surface area (Å²) < 4.78 is 22.4. The zero-order valence-corrected chi connectivity index (χ0v) is 15.4. The van der Waals surface area contributed by atoms with Gasteiger partial charge in [-0.25, -0.2) is 18.5 Å². The van der Waals surface area contributed by atoms with Crippen molar-refractivity contribution < 1.29 is 13.2 Å². The second-order valence-electron chi connectivity index (χ2n) is 5.63. The maximum absolute atomic E-state index is 12.2. The van der Waals surface area contributed by atoms with Gasteiger partial charge in [-0.1, -0.05) is 23.7 Å². The Morgan fingerprint density at radius 1 is 1.24 bits per heavy atom. The van der Waals surface area contributed by atoms with Gasteiger partial charge in [-0.15, -0.1) is 0 Å². The minimum absolute atomic E-state index is 0.0583. The predicted octanol–water partition coefficient (Wildman–Crippen LogP) is 1.42. The van der Waals surface area contributed by atoms with E-state index in [9.17, 15) is 13.2 Å². The summed E-state index contributed by atoms with van der Waals surface area (Å²) in [6.07, 6.45) is 0.552. The fourth-order valence-corrected chi connectivity index (χ4v) is 2.83. The topological polar surface area (TPSA) is 105 Å². The van der Waals surface area contributed by atoms with Gasteiger partial charge in [0.15, 0.2) is 0 Å². The molecule has 0 saturated heterocycles. The molecule has 1 aromatic carbocycles. The van der Waals surface area contributed by atoms with Gasteiger partial charge in [0.25, 0.3) is 5.91 Å². The number of anilines is 1. The molecule has 134 valence electrons. The summed E-state index contributed by atoms with van der Waals surface area (Å²) in [4.78, 5) is 18.2. The van der Waals surface area contributed by atoms with E-state index in [2.05, 4.69) is 10.3 Å². The van der Waals surface area contributed by atoms with Crippen molar-refractivity contribution in [2.45, 2.75) is 11.3 Å². The van der Waals surface area contributed by atoms with Crippen LogP contribution < -0.4 is 15.4 Å². The number of hydrogen-bond donors (Lipinski definition) is 2. The van der Waals surface area contributed by atoms with Crippen LogP contribution in [0.4, 0.5) is 5.82 Å². The van der Waals surface area contributed by atoms with Crippen molar-refractivity contribution >= 4 is 33.3 Å². The number of carbonyl (C=O) groups excluding carboxylic acids is 1. The minimum Gasteiger partial charge on any atom is -0.363 e. The van der Waals surface area contributed by atoms with E-state index in [-0.39, 0.29) is 16.0 Å². The van der Waals surface area contributed by atoms with Crippen LogP contribution in [0.1, 0.15) is 15.9 Å².